The van der Waals surface area contributed by atoms with Crippen molar-refractivity contribution in [3.05, 3.63) is 49.1 Å². The van der Waals surface area contributed by atoms with E-state index in [1.54, 1.807) is 0 Å². The normalized spacial score (nSPS) is 32.8. The highest BCUT2D eigenvalue weighted by atomic mass is 28.5. The molecule has 0 amide bonds. The fraction of sp³-hybridized carbons (Fsp3) is 0.714. The fourth-order valence-electron chi connectivity index (χ4n) is 5.12. The summed E-state index contributed by atoms with van der Waals surface area (Å²) in [6, 6.07) is 2.99. The van der Waals surface area contributed by atoms with Crippen molar-refractivity contribution in [3.8, 4) is 0 Å². The zero-order chi connectivity index (χ0) is 28.5. The summed E-state index contributed by atoms with van der Waals surface area (Å²) in [7, 11) is -12.2. The Kier molecular flexibility index (Phi) is 10.3. The SMILES string of the molecule is C=C[Si]1(CC(C)(C)C)O[Si](C=C)(CC(C)(C)C)O[Si](C=C)(CC(C)(C)C)O[Si](C=C)(CC(C)(C)C)O1. The van der Waals surface area contributed by atoms with Crippen molar-refractivity contribution in [1.82, 2.24) is 0 Å². The van der Waals surface area contributed by atoms with E-state index >= 15 is 0 Å². The standard InChI is InChI=1S/C28H56O4Si4/c1-17-33(21-25(5,6)7)29-34(18-2,22-26(8,9)10)31-36(20-4,24-28(14,15)16)32-35(19-3,30-33)23-27(11,12)13/h17-20H,1-4,21-24H2,5-16H3. The Morgan fingerprint density at radius 3 is 0.611 bits per heavy atom. The first-order valence-corrected chi connectivity index (χ1v) is 21.7. The predicted molar refractivity (Wildman–Crippen MR) is 165 cm³/mol. The smallest absolute Gasteiger partial charge is 0.347 e. The molecule has 36 heavy (non-hydrogen) atoms. The van der Waals surface area contributed by atoms with Crippen molar-refractivity contribution in [2.45, 2.75) is 107 Å². The van der Waals surface area contributed by atoms with E-state index in [9.17, 15) is 0 Å². The fourth-order valence-corrected chi connectivity index (χ4v) is 28.1. The molecule has 208 valence electrons. The van der Waals surface area contributed by atoms with Crippen molar-refractivity contribution >= 4 is 34.2 Å². The maximum Gasteiger partial charge on any atom is 0.347 e. The third-order valence-electron chi connectivity index (χ3n) is 5.73. The average molecular weight is 569 g/mol. The van der Waals surface area contributed by atoms with E-state index in [1.165, 1.54) is 0 Å². The topological polar surface area (TPSA) is 36.9 Å². The van der Waals surface area contributed by atoms with Gasteiger partial charge >= 0.3 is 34.2 Å². The van der Waals surface area contributed by atoms with E-state index < -0.39 is 34.2 Å². The summed E-state index contributed by atoms with van der Waals surface area (Å²) >= 11 is 0. The molecule has 0 spiro atoms. The van der Waals surface area contributed by atoms with Crippen molar-refractivity contribution in [3.63, 3.8) is 0 Å². The molecule has 0 aromatic heterocycles. The van der Waals surface area contributed by atoms with Crippen molar-refractivity contribution < 1.29 is 16.5 Å². The Morgan fingerprint density at radius 2 is 0.528 bits per heavy atom. The Balaban J connectivity index is 4.04. The lowest BCUT2D eigenvalue weighted by molar-refractivity contribution is 0.206. The lowest BCUT2D eigenvalue weighted by Gasteiger charge is -2.54. The summed E-state index contributed by atoms with van der Waals surface area (Å²) < 4.78 is 29.4. The number of rotatable bonds is 8. The van der Waals surface area contributed by atoms with Gasteiger partial charge in [0.25, 0.3) is 0 Å². The van der Waals surface area contributed by atoms with Gasteiger partial charge in [0.05, 0.1) is 0 Å². The highest BCUT2D eigenvalue weighted by molar-refractivity contribution is 6.99. The molecule has 1 heterocycles. The molecule has 0 radical (unpaired) electrons. The highest BCUT2D eigenvalue weighted by Crippen LogP contribution is 2.47. The second kappa shape index (κ2) is 11.0. The van der Waals surface area contributed by atoms with Gasteiger partial charge < -0.3 is 16.5 Å². The molecule has 1 aliphatic heterocycles. The van der Waals surface area contributed by atoms with Gasteiger partial charge in [-0.3, -0.25) is 0 Å². The van der Waals surface area contributed by atoms with E-state index in [0.29, 0.717) is 0 Å². The van der Waals surface area contributed by atoms with Gasteiger partial charge in [-0.1, -0.05) is 106 Å². The molecule has 1 saturated heterocycles. The van der Waals surface area contributed by atoms with Crippen LogP contribution in [0.2, 0.25) is 24.2 Å². The Morgan fingerprint density at radius 1 is 0.389 bits per heavy atom. The van der Waals surface area contributed by atoms with Gasteiger partial charge in [-0.25, -0.2) is 0 Å². The third-order valence-corrected chi connectivity index (χ3v) is 25.5. The molecular weight excluding hydrogens is 513 g/mol. The van der Waals surface area contributed by atoms with E-state index in [0.717, 1.165) is 24.2 Å². The van der Waals surface area contributed by atoms with Crippen LogP contribution in [0.5, 0.6) is 0 Å². The molecule has 1 rings (SSSR count). The maximum absolute atomic E-state index is 7.35. The van der Waals surface area contributed by atoms with Gasteiger partial charge in [-0.2, -0.15) is 0 Å². The molecular formula is C28H56O4Si4. The lowest BCUT2D eigenvalue weighted by Crippen LogP contribution is -2.70. The van der Waals surface area contributed by atoms with Crippen LogP contribution in [0.4, 0.5) is 0 Å². The monoisotopic (exact) mass is 568 g/mol. The van der Waals surface area contributed by atoms with Crippen molar-refractivity contribution in [2.24, 2.45) is 21.7 Å². The van der Waals surface area contributed by atoms with Crippen LogP contribution in [0.15, 0.2) is 49.1 Å². The zero-order valence-corrected chi connectivity index (χ0v) is 29.6. The molecule has 1 fully saturated rings. The zero-order valence-electron chi connectivity index (χ0n) is 25.6. The van der Waals surface area contributed by atoms with Crippen LogP contribution in [-0.4, -0.2) is 34.2 Å². The van der Waals surface area contributed by atoms with Gasteiger partial charge in [-0.15, -0.1) is 26.3 Å². The molecule has 4 nitrogen and oxygen atoms in total. The Bertz CT molecular complexity index is 665. The number of hydrogen-bond acceptors (Lipinski definition) is 4. The summed E-state index contributed by atoms with van der Waals surface area (Å²) in [5, 5.41) is 0. The molecule has 8 heteroatoms. The first-order valence-electron chi connectivity index (χ1n) is 13.2. The second-order valence-electron chi connectivity index (χ2n) is 15.4. The summed E-state index contributed by atoms with van der Waals surface area (Å²) in [5.41, 5.74) is 7.68. The minimum absolute atomic E-state index is 0.0376. The molecule has 0 aromatic carbocycles. The van der Waals surface area contributed by atoms with Crippen LogP contribution in [0.1, 0.15) is 83.1 Å². The van der Waals surface area contributed by atoms with Crippen molar-refractivity contribution in [2.75, 3.05) is 0 Å². The van der Waals surface area contributed by atoms with Gasteiger partial charge in [0, 0.05) is 0 Å². The largest absolute Gasteiger partial charge is 0.409 e. The van der Waals surface area contributed by atoms with E-state index in [1.807, 2.05) is 22.8 Å². The first-order chi connectivity index (χ1) is 15.9. The first kappa shape index (κ1) is 33.7. The molecule has 1 aliphatic rings. The van der Waals surface area contributed by atoms with E-state index in [2.05, 4.69) is 109 Å². The van der Waals surface area contributed by atoms with E-state index in [-0.39, 0.29) is 21.7 Å². The minimum Gasteiger partial charge on any atom is -0.409 e. The molecule has 0 atom stereocenters. The van der Waals surface area contributed by atoms with Gasteiger partial charge in [0.15, 0.2) is 0 Å². The maximum atomic E-state index is 7.35. The van der Waals surface area contributed by atoms with E-state index in [4.69, 9.17) is 16.5 Å². The average Bonchev–Trinajstić information content (AvgIpc) is 2.61. The Labute approximate surface area is 228 Å². The summed E-state index contributed by atoms with van der Waals surface area (Å²) in [6.07, 6.45) is 0. The third kappa shape index (κ3) is 10.1. The lowest BCUT2D eigenvalue weighted by atomic mass is 10.0. The molecule has 0 aromatic rings. The van der Waals surface area contributed by atoms with Crippen LogP contribution in [0.3, 0.4) is 0 Å². The molecule has 0 N–H and O–H groups in total. The second-order valence-corrected chi connectivity index (χ2v) is 28.2. The minimum atomic E-state index is -3.04. The summed E-state index contributed by atoms with van der Waals surface area (Å²) in [4.78, 5) is 0. The molecule has 0 bridgehead atoms. The predicted octanol–water partition coefficient (Wildman–Crippen LogP) is 8.92. The molecule has 0 saturated carbocycles. The summed E-state index contributed by atoms with van der Waals surface area (Å²) in [5.74, 6) is 0. The molecule has 0 unspecified atom stereocenters. The quantitative estimate of drug-likeness (QED) is 0.274. The van der Waals surface area contributed by atoms with Crippen LogP contribution in [0, 0.1) is 21.7 Å². The molecule has 0 aliphatic carbocycles. The Hall–Kier alpha value is -0.332. The summed E-state index contributed by atoms with van der Waals surface area (Å²) in [6.45, 7) is 43.9. The highest BCUT2D eigenvalue weighted by Gasteiger charge is 2.62. The van der Waals surface area contributed by atoms with Crippen LogP contribution >= 0.6 is 0 Å². The van der Waals surface area contributed by atoms with Crippen LogP contribution in [0.25, 0.3) is 0 Å². The van der Waals surface area contributed by atoms with Crippen LogP contribution < -0.4 is 0 Å². The van der Waals surface area contributed by atoms with Crippen molar-refractivity contribution in [1.29, 1.82) is 0 Å². The van der Waals surface area contributed by atoms with Crippen LogP contribution in [-0.2, 0) is 16.5 Å². The van der Waals surface area contributed by atoms with Gasteiger partial charge in [0.1, 0.15) is 0 Å². The number of hydrogen-bond donors (Lipinski definition) is 0. The van der Waals surface area contributed by atoms with Gasteiger partial charge in [-0.05, 0) is 45.8 Å². The van der Waals surface area contributed by atoms with Gasteiger partial charge in [0.2, 0.25) is 0 Å².